The van der Waals surface area contributed by atoms with E-state index in [0.29, 0.717) is 17.4 Å². The van der Waals surface area contributed by atoms with Gasteiger partial charge in [0, 0.05) is 18.2 Å². The van der Waals surface area contributed by atoms with Crippen LogP contribution in [-0.2, 0) is 4.79 Å². The van der Waals surface area contributed by atoms with Gasteiger partial charge in [-0.1, -0.05) is 18.2 Å². The Morgan fingerprint density at radius 2 is 2.11 bits per heavy atom. The molecular weight excluding hydrogens is 262 g/mol. The predicted octanol–water partition coefficient (Wildman–Crippen LogP) is 1.22. The van der Waals surface area contributed by atoms with E-state index in [0.717, 1.165) is 5.56 Å². The fourth-order valence-electron chi connectivity index (χ4n) is 1.33. The number of methoxy groups -OCH3 is 1. The highest BCUT2D eigenvalue weighted by Gasteiger charge is 1.99. The van der Waals surface area contributed by atoms with Gasteiger partial charge in [-0.15, -0.1) is 0 Å². The van der Waals surface area contributed by atoms with E-state index in [1.54, 1.807) is 13.2 Å². The molecule has 0 saturated heterocycles. The number of carbonyl (C=O) groups is 1. The van der Waals surface area contributed by atoms with Crippen molar-refractivity contribution >= 4 is 29.3 Å². The normalized spacial score (nSPS) is 10.0. The zero-order valence-electron chi connectivity index (χ0n) is 10.9. The number of para-hydroxylation sites is 1. The molecule has 1 amide bonds. The van der Waals surface area contributed by atoms with E-state index in [2.05, 4.69) is 16.2 Å². The Labute approximate surface area is 118 Å². The first kappa shape index (κ1) is 15.0. The van der Waals surface area contributed by atoms with Gasteiger partial charge in [0.05, 0.1) is 7.11 Å². The first-order chi connectivity index (χ1) is 9.17. The molecule has 0 radical (unpaired) electrons. The molecule has 1 aromatic carbocycles. The van der Waals surface area contributed by atoms with Gasteiger partial charge in [-0.05, 0) is 31.3 Å². The topological polar surface area (TPSA) is 62.4 Å². The SMILES string of the molecule is CCNC(=S)NNC(=O)C=Cc1ccccc1OC. The summed E-state index contributed by atoms with van der Waals surface area (Å²) in [6, 6.07) is 7.43. The van der Waals surface area contributed by atoms with Gasteiger partial charge in [0.1, 0.15) is 5.75 Å². The number of hydrogen-bond donors (Lipinski definition) is 3. The van der Waals surface area contributed by atoms with Crippen molar-refractivity contribution in [3.8, 4) is 5.75 Å². The van der Waals surface area contributed by atoms with Crippen LogP contribution in [0.2, 0.25) is 0 Å². The van der Waals surface area contributed by atoms with E-state index >= 15 is 0 Å². The zero-order valence-corrected chi connectivity index (χ0v) is 11.7. The van der Waals surface area contributed by atoms with Gasteiger partial charge < -0.3 is 10.1 Å². The van der Waals surface area contributed by atoms with E-state index in [9.17, 15) is 4.79 Å². The summed E-state index contributed by atoms with van der Waals surface area (Å²) in [5.41, 5.74) is 5.87. The van der Waals surface area contributed by atoms with Crippen LogP contribution in [0.25, 0.3) is 6.08 Å². The molecule has 0 aliphatic heterocycles. The van der Waals surface area contributed by atoms with Crippen LogP contribution >= 0.6 is 12.2 Å². The highest BCUT2D eigenvalue weighted by atomic mass is 32.1. The number of carbonyl (C=O) groups excluding carboxylic acids is 1. The largest absolute Gasteiger partial charge is 0.496 e. The summed E-state index contributed by atoms with van der Waals surface area (Å²) in [4.78, 5) is 11.5. The minimum absolute atomic E-state index is 0.300. The predicted molar refractivity (Wildman–Crippen MR) is 79.6 cm³/mol. The van der Waals surface area contributed by atoms with Gasteiger partial charge in [-0.25, -0.2) is 0 Å². The molecule has 0 heterocycles. The van der Waals surface area contributed by atoms with Crippen molar-refractivity contribution in [1.29, 1.82) is 0 Å². The molecule has 0 aliphatic rings. The second-order valence-electron chi connectivity index (χ2n) is 3.55. The van der Waals surface area contributed by atoms with Gasteiger partial charge in [-0.3, -0.25) is 15.6 Å². The summed E-state index contributed by atoms with van der Waals surface area (Å²) < 4.78 is 5.18. The van der Waals surface area contributed by atoms with Crippen LogP contribution in [0.15, 0.2) is 30.3 Å². The monoisotopic (exact) mass is 279 g/mol. The highest BCUT2D eigenvalue weighted by molar-refractivity contribution is 7.80. The third-order valence-electron chi connectivity index (χ3n) is 2.19. The maximum absolute atomic E-state index is 11.5. The van der Waals surface area contributed by atoms with Crippen molar-refractivity contribution in [3.05, 3.63) is 35.9 Å². The number of benzene rings is 1. The van der Waals surface area contributed by atoms with Gasteiger partial charge in [0.25, 0.3) is 5.91 Å². The van der Waals surface area contributed by atoms with Gasteiger partial charge in [-0.2, -0.15) is 0 Å². The van der Waals surface area contributed by atoms with Crippen molar-refractivity contribution in [3.63, 3.8) is 0 Å². The molecule has 0 aliphatic carbocycles. The fourth-order valence-corrected chi connectivity index (χ4v) is 1.53. The van der Waals surface area contributed by atoms with Crippen molar-refractivity contribution in [1.82, 2.24) is 16.2 Å². The van der Waals surface area contributed by atoms with E-state index in [1.807, 2.05) is 31.2 Å². The van der Waals surface area contributed by atoms with Crippen LogP contribution in [0, 0.1) is 0 Å². The van der Waals surface area contributed by atoms with E-state index in [-0.39, 0.29) is 5.91 Å². The Balaban J connectivity index is 2.52. The number of thiocarbonyl (C=S) groups is 1. The van der Waals surface area contributed by atoms with Crippen LogP contribution in [0.1, 0.15) is 12.5 Å². The molecule has 0 saturated carbocycles. The average molecular weight is 279 g/mol. The standard InChI is InChI=1S/C13H17N3O2S/c1-3-14-13(19)16-15-12(17)9-8-10-6-4-5-7-11(10)18-2/h4-9H,3H2,1-2H3,(H,15,17)(H2,14,16,19). The maximum Gasteiger partial charge on any atom is 0.262 e. The summed E-state index contributed by atoms with van der Waals surface area (Å²) >= 11 is 4.91. The lowest BCUT2D eigenvalue weighted by Gasteiger charge is -2.08. The number of hydrogen-bond acceptors (Lipinski definition) is 3. The summed E-state index contributed by atoms with van der Waals surface area (Å²) in [7, 11) is 1.59. The van der Waals surface area contributed by atoms with E-state index in [4.69, 9.17) is 17.0 Å². The molecule has 3 N–H and O–H groups in total. The number of amides is 1. The molecular formula is C13H17N3O2S. The Kier molecular flexibility index (Phi) is 6.38. The molecule has 0 aromatic heterocycles. The lowest BCUT2D eigenvalue weighted by molar-refractivity contribution is -0.116. The number of nitrogens with one attached hydrogen (secondary N) is 3. The average Bonchev–Trinajstić information content (AvgIpc) is 2.43. The summed E-state index contributed by atoms with van der Waals surface area (Å²) in [5, 5.41) is 3.23. The zero-order chi connectivity index (χ0) is 14.1. The third kappa shape index (κ3) is 5.39. The molecule has 0 fully saturated rings. The minimum atomic E-state index is -0.300. The molecule has 0 bridgehead atoms. The second kappa shape index (κ2) is 8.10. The molecule has 1 rings (SSSR count). The van der Waals surface area contributed by atoms with Crippen molar-refractivity contribution < 1.29 is 9.53 Å². The summed E-state index contributed by atoms with van der Waals surface area (Å²) in [6.07, 6.45) is 3.07. The van der Waals surface area contributed by atoms with Crippen molar-refractivity contribution in [2.45, 2.75) is 6.92 Å². The summed E-state index contributed by atoms with van der Waals surface area (Å²) in [6.45, 7) is 2.61. The first-order valence-corrected chi connectivity index (χ1v) is 6.23. The van der Waals surface area contributed by atoms with Crippen LogP contribution in [0.5, 0.6) is 5.75 Å². The lowest BCUT2D eigenvalue weighted by Crippen LogP contribution is -2.46. The van der Waals surface area contributed by atoms with Crippen LogP contribution in [0.4, 0.5) is 0 Å². The lowest BCUT2D eigenvalue weighted by atomic mass is 10.2. The van der Waals surface area contributed by atoms with Gasteiger partial charge >= 0.3 is 0 Å². The molecule has 1 aromatic rings. The Morgan fingerprint density at radius 3 is 2.79 bits per heavy atom. The van der Waals surface area contributed by atoms with Crippen LogP contribution in [0.3, 0.4) is 0 Å². The van der Waals surface area contributed by atoms with Gasteiger partial charge in [0.15, 0.2) is 5.11 Å². The van der Waals surface area contributed by atoms with Gasteiger partial charge in [0.2, 0.25) is 0 Å². The fraction of sp³-hybridized carbons (Fsp3) is 0.231. The molecule has 0 unspecified atom stereocenters. The number of rotatable bonds is 4. The number of ether oxygens (including phenoxy) is 1. The highest BCUT2D eigenvalue weighted by Crippen LogP contribution is 2.18. The van der Waals surface area contributed by atoms with Crippen molar-refractivity contribution in [2.75, 3.05) is 13.7 Å². The Morgan fingerprint density at radius 1 is 1.37 bits per heavy atom. The molecule has 102 valence electrons. The molecule has 19 heavy (non-hydrogen) atoms. The smallest absolute Gasteiger partial charge is 0.262 e. The van der Waals surface area contributed by atoms with E-state index in [1.165, 1.54) is 6.08 Å². The minimum Gasteiger partial charge on any atom is -0.496 e. The molecule has 5 nitrogen and oxygen atoms in total. The Hall–Kier alpha value is -2.08. The van der Waals surface area contributed by atoms with Crippen molar-refractivity contribution in [2.24, 2.45) is 0 Å². The number of hydrazine groups is 1. The summed E-state index contributed by atoms with van der Waals surface area (Å²) in [5.74, 6) is 0.411. The van der Waals surface area contributed by atoms with Crippen LogP contribution in [-0.4, -0.2) is 24.7 Å². The quantitative estimate of drug-likeness (QED) is 0.439. The second-order valence-corrected chi connectivity index (χ2v) is 3.96. The Bertz CT molecular complexity index is 475. The third-order valence-corrected chi connectivity index (χ3v) is 2.44. The molecule has 0 spiro atoms. The maximum atomic E-state index is 11.5. The molecule has 0 atom stereocenters. The van der Waals surface area contributed by atoms with Crippen LogP contribution < -0.4 is 20.9 Å². The first-order valence-electron chi connectivity index (χ1n) is 5.82. The van der Waals surface area contributed by atoms with E-state index < -0.39 is 0 Å². The molecule has 6 heteroatoms.